The third-order valence-electron chi connectivity index (χ3n) is 4.40. The largest absolute Gasteiger partial charge is 0.462 e. The second-order valence-corrected chi connectivity index (χ2v) is 8.34. The van der Waals surface area contributed by atoms with Crippen LogP contribution in [-0.4, -0.2) is 31.1 Å². The van der Waals surface area contributed by atoms with Gasteiger partial charge in [0.2, 0.25) is 0 Å². The van der Waals surface area contributed by atoms with Gasteiger partial charge in [0.25, 0.3) is 5.91 Å². The van der Waals surface area contributed by atoms with Gasteiger partial charge in [-0.05, 0) is 37.3 Å². The number of hydrogen-bond acceptors (Lipinski definition) is 7. The molecule has 8 heteroatoms. The first kappa shape index (κ1) is 22.0. The number of aryl methyl sites for hydroxylation is 1. The second-order valence-electron chi connectivity index (χ2n) is 6.40. The Morgan fingerprint density at radius 3 is 2.40 bits per heavy atom. The minimum Gasteiger partial charge on any atom is -0.462 e. The summed E-state index contributed by atoms with van der Waals surface area (Å²) in [4.78, 5) is 38.5. The van der Waals surface area contributed by atoms with E-state index in [1.807, 2.05) is 24.3 Å². The van der Waals surface area contributed by atoms with E-state index in [2.05, 4.69) is 12.2 Å². The minimum atomic E-state index is -0.665. The molecule has 1 aromatic carbocycles. The summed E-state index contributed by atoms with van der Waals surface area (Å²) in [5.41, 5.74) is 1.13. The predicted molar refractivity (Wildman–Crippen MR) is 120 cm³/mol. The van der Waals surface area contributed by atoms with Crippen LogP contribution in [0.2, 0.25) is 0 Å². The summed E-state index contributed by atoms with van der Waals surface area (Å²) in [5.74, 6) is -1.59. The predicted octanol–water partition coefficient (Wildman–Crippen LogP) is 5.52. The lowest BCUT2D eigenvalue weighted by Crippen LogP contribution is -2.17. The van der Waals surface area contributed by atoms with Gasteiger partial charge in [-0.3, -0.25) is 4.79 Å². The smallest absolute Gasteiger partial charge is 0.342 e. The van der Waals surface area contributed by atoms with E-state index in [0.717, 1.165) is 39.8 Å². The van der Waals surface area contributed by atoms with Crippen molar-refractivity contribution < 1.29 is 23.9 Å². The van der Waals surface area contributed by atoms with Crippen LogP contribution in [0.5, 0.6) is 0 Å². The number of carbonyl (C=O) groups is 3. The molecule has 0 radical (unpaired) electrons. The zero-order valence-corrected chi connectivity index (χ0v) is 18.7. The molecule has 0 aliphatic heterocycles. The van der Waals surface area contributed by atoms with Gasteiger partial charge < -0.3 is 14.8 Å². The SMILES string of the molecule is CCCc1c(C(=O)Nc2scc(C(=O)OCC)c2C(=O)OCC)sc2ccccc12. The van der Waals surface area contributed by atoms with Gasteiger partial charge >= 0.3 is 11.9 Å². The highest BCUT2D eigenvalue weighted by Gasteiger charge is 2.28. The van der Waals surface area contributed by atoms with Crippen LogP contribution in [0.1, 0.15) is 63.1 Å². The summed E-state index contributed by atoms with van der Waals surface area (Å²) in [7, 11) is 0. The molecule has 0 saturated carbocycles. The van der Waals surface area contributed by atoms with Crippen LogP contribution in [0.4, 0.5) is 5.00 Å². The van der Waals surface area contributed by atoms with Crippen LogP contribution in [0, 0.1) is 0 Å². The van der Waals surface area contributed by atoms with Crippen LogP contribution in [0.3, 0.4) is 0 Å². The first-order valence-corrected chi connectivity index (χ1v) is 11.5. The van der Waals surface area contributed by atoms with Crippen LogP contribution in [0.15, 0.2) is 29.6 Å². The van der Waals surface area contributed by atoms with Gasteiger partial charge in [-0.25, -0.2) is 9.59 Å². The molecule has 3 aromatic rings. The maximum absolute atomic E-state index is 13.2. The van der Waals surface area contributed by atoms with Crippen LogP contribution in [0.25, 0.3) is 10.1 Å². The first-order chi connectivity index (χ1) is 14.5. The number of ether oxygens (including phenoxy) is 2. The summed E-state index contributed by atoms with van der Waals surface area (Å²) in [6.45, 7) is 5.77. The van der Waals surface area contributed by atoms with E-state index in [0.29, 0.717) is 4.88 Å². The maximum Gasteiger partial charge on any atom is 0.342 e. The van der Waals surface area contributed by atoms with E-state index in [4.69, 9.17) is 9.47 Å². The number of thiophene rings is 2. The van der Waals surface area contributed by atoms with E-state index in [9.17, 15) is 14.4 Å². The Bertz CT molecular complexity index is 1080. The molecular formula is C22H23NO5S2. The molecule has 0 atom stereocenters. The summed E-state index contributed by atoms with van der Waals surface area (Å²) < 4.78 is 11.2. The number of hydrogen-bond donors (Lipinski definition) is 1. The standard InChI is InChI=1S/C22H23NO5S2/c1-4-9-14-13-10-7-8-11-16(13)30-18(14)19(24)23-20-17(22(26)28-6-3)15(12-29-20)21(25)27-5-2/h7-8,10-12H,4-6,9H2,1-3H3,(H,23,24). The molecule has 158 valence electrons. The van der Waals surface area contributed by atoms with Crippen molar-refractivity contribution in [3.63, 3.8) is 0 Å². The van der Waals surface area contributed by atoms with Gasteiger partial charge in [0.05, 0.1) is 23.7 Å². The molecule has 3 rings (SSSR count). The number of rotatable bonds is 8. The Hall–Kier alpha value is -2.71. The molecule has 0 aliphatic rings. The average molecular weight is 446 g/mol. The molecule has 2 aromatic heterocycles. The molecule has 0 aliphatic carbocycles. The summed E-state index contributed by atoms with van der Waals surface area (Å²) >= 11 is 2.53. The van der Waals surface area contributed by atoms with E-state index in [1.54, 1.807) is 13.8 Å². The number of amides is 1. The van der Waals surface area contributed by atoms with Crippen molar-refractivity contribution in [2.45, 2.75) is 33.6 Å². The van der Waals surface area contributed by atoms with Crippen molar-refractivity contribution >= 4 is 55.6 Å². The molecule has 0 unspecified atom stereocenters. The molecule has 0 bridgehead atoms. The molecule has 1 N–H and O–H groups in total. The average Bonchev–Trinajstić information content (AvgIpc) is 3.31. The van der Waals surface area contributed by atoms with E-state index < -0.39 is 11.9 Å². The van der Waals surface area contributed by atoms with Gasteiger partial charge in [-0.1, -0.05) is 31.5 Å². The number of esters is 2. The molecule has 0 saturated heterocycles. The van der Waals surface area contributed by atoms with Crippen molar-refractivity contribution in [1.29, 1.82) is 0 Å². The number of carbonyl (C=O) groups excluding carboxylic acids is 3. The highest BCUT2D eigenvalue weighted by Crippen LogP contribution is 2.35. The van der Waals surface area contributed by atoms with E-state index >= 15 is 0 Å². The maximum atomic E-state index is 13.2. The van der Waals surface area contributed by atoms with Crippen molar-refractivity contribution in [3.8, 4) is 0 Å². The zero-order valence-electron chi connectivity index (χ0n) is 17.1. The van der Waals surface area contributed by atoms with Crippen molar-refractivity contribution in [2.75, 3.05) is 18.5 Å². The molecule has 2 heterocycles. The molecular weight excluding hydrogens is 422 g/mol. The lowest BCUT2D eigenvalue weighted by molar-refractivity contribution is 0.0481. The van der Waals surface area contributed by atoms with Crippen LogP contribution >= 0.6 is 22.7 Å². The summed E-state index contributed by atoms with van der Waals surface area (Å²) in [6, 6.07) is 7.91. The molecule has 0 fully saturated rings. The third kappa shape index (κ3) is 4.39. The van der Waals surface area contributed by atoms with Crippen molar-refractivity contribution in [3.05, 3.63) is 51.2 Å². The Morgan fingerprint density at radius 2 is 1.70 bits per heavy atom. The minimum absolute atomic E-state index is 0.0341. The van der Waals surface area contributed by atoms with Crippen molar-refractivity contribution in [1.82, 2.24) is 0 Å². The van der Waals surface area contributed by atoms with Gasteiger partial charge in [0.15, 0.2) is 0 Å². The zero-order chi connectivity index (χ0) is 21.7. The highest BCUT2D eigenvalue weighted by molar-refractivity contribution is 7.21. The summed E-state index contributed by atoms with van der Waals surface area (Å²) in [5, 5.41) is 5.68. The molecule has 1 amide bonds. The number of fused-ring (bicyclic) bond motifs is 1. The topological polar surface area (TPSA) is 81.7 Å². The van der Waals surface area contributed by atoms with Crippen LogP contribution in [-0.2, 0) is 15.9 Å². The highest BCUT2D eigenvalue weighted by atomic mass is 32.1. The Balaban J connectivity index is 1.99. The first-order valence-electron chi connectivity index (χ1n) is 9.79. The van der Waals surface area contributed by atoms with Gasteiger partial charge in [-0.15, -0.1) is 22.7 Å². The van der Waals surface area contributed by atoms with Gasteiger partial charge in [-0.2, -0.15) is 0 Å². The monoisotopic (exact) mass is 445 g/mol. The lowest BCUT2D eigenvalue weighted by Gasteiger charge is -2.09. The lowest BCUT2D eigenvalue weighted by atomic mass is 10.1. The Kier molecular flexibility index (Phi) is 7.23. The fourth-order valence-electron chi connectivity index (χ4n) is 3.16. The summed E-state index contributed by atoms with van der Waals surface area (Å²) in [6.07, 6.45) is 1.68. The Morgan fingerprint density at radius 1 is 1.00 bits per heavy atom. The molecule has 30 heavy (non-hydrogen) atoms. The van der Waals surface area contributed by atoms with Crippen molar-refractivity contribution in [2.24, 2.45) is 0 Å². The Labute approximate surface area is 182 Å². The third-order valence-corrected chi connectivity index (χ3v) is 6.50. The number of nitrogens with one attached hydrogen (secondary N) is 1. The van der Waals surface area contributed by atoms with Crippen LogP contribution < -0.4 is 5.32 Å². The second kappa shape index (κ2) is 9.86. The fourth-order valence-corrected chi connectivity index (χ4v) is 5.21. The fraction of sp³-hybridized carbons (Fsp3) is 0.318. The number of anilines is 1. The van der Waals surface area contributed by atoms with Gasteiger partial charge in [0.1, 0.15) is 10.6 Å². The molecule has 0 spiro atoms. The number of benzene rings is 1. The van der Waals surface area contributed by atoms with Gasteiger partial charge in [0, 0.05) is 10.1 Å². The normalized spacial score (nSPS) is 10.8. The quantitative estimate of drug-likeness (QED) is 0.462. The van der Waals surface area contributed by atoms with E-state index in [-0.39, 0.29) is 35.2 Å². The molecule has 6 nitrogen and oxygen atoms in total. The van der Waals surface area contributed by atoms with E-state index in [1.165, 1.54) is 16.7 Å².